The van der Waals surface area contributed by atoms with E-state index in [9.17, 15) is 42.0 Å². The lowest BCUT2D eigenvalue weighted by atomic mass is 9.90. The van der Waals surface area contributed by atoms with E-state index in [1.807, 2.05) is 13.0 Å². The molecule has 12 nitrogen and oxygen atoms in total. The highest BCUT2D eigenvalue weighted by atomic mass is 32.1. The first kappa shape index (κ1) is 42.8. The number of rotatable bonds is 13. The molecule has 2 aromatic carbocycles. The maximum absolute atomic E-state index is 14.6. The molecular formula is C43H45F4N7O5S. The SMILES string of the molecule is CCc1cc(N2C(=S)N(c3cnc(C#N)c(C(F)(F)F)c3)C(=O)C2(C)C)ccc1OCCN1CCN(CC(=O)Cc2cc(F)cc(CC3CCC(=O)NC3=O)c2)C2(CC2)C1. The fourth-order valence-electron chi connectivity index (χ4n) is 8.55. The molecule has 3 saturated heterocycles. The third-order valence-corrected chi connectivity index (χ3v) is 12.2. The van der Waals surface area contributed by atoms with Crippen molar-refractivity contribution in [2.24, 2.45) is 5.92 Å². The maximum Gasteiger partial charge on any atom is 0.419 e. The molecule has 316 valence electrons. The second-order valence-corrected chi connectivity index (χ2v) is 16.8. The molecule has 4 aliphatic rings. The van der Waals surface area contributed by atoms with Crippen LogP contribution in [0.15, 0.2) is 48.7 Å². The number of nitriles is 1. The standard InChI is InChI=1S/C43H45F4N7O5S/c1-4-28-20-31(54-40(60)53(39(58)41(54,2)3)32-21-34(43(45,46)47)35(22-48)49-23-32)6-7-36(28)59-14-13-51-11-12-52(42(25-51)9-10-42)24-33(55)19-27-15-26(17-30(44)18-27)16-29-5-8-37(56)50-38(29)57/h6-7,15,17-18,20-21,23,29H,4-5,8-14,16,19,24-25H2,1-3H3,(H,50,56,57). The minimum absolute atomic E-state index is 0.0110. The molecule has 1 N–H and O–H groups in total. The topological polar surface area (TPSA) is 139 Å². The molecule has 3 aromatic rings. The number of ketones is 1. The lowest BCUT2D eigenvalue weighted by molar-refractivity contribution is -0.138. The third kappa shape index (κ3) is 8.77. The summed E-state index contributed by atoms with van der Waals surface area (Å²) in [5.41, 5.74) is -1.01. The van der Waals surface area contributed by atoms with Crippen molar-refractivity contribution >= 4 is 52.2 Å². The number of alkyl halides is 3. The quantitative estimate of drug-likeness (QED) is 0.132. The van der Waals surface area contributed by atoms with Gasteiger partial charge in [0.15, 0.2) is 16.6 Å². The number of hydrogen-bond donors (Lipinski definition) is 1. The summed E-state index contributed by atoms with van der Waals surface area (Å²) in [6.07, 6.45) is -0.274. The average molecular weight is 848 g/mol. The lowest BCUT2D eigenvalue weighted by Gasteiger charge is -2.42. The normalized spacial score (nSPS) is 20.4. The monoisotopic (exact) mass is 847 g/mol. The van der Waals surface area contributed by atoms with Crippen LogP contribution in [0.25, 0.3) is 0 Å². The minimum atomic E-state index is -4.86. The zero-order valence-corrected chi connectivity index (χ0v) is 34.3. The molecule has 7 rings (SSSR count). The van der Waals surface area contributed by atoms with Crippen molar-refractivity contribution in [1.82, 2.24) is 20.1 Å². The molecule has 1 aromatic heterocycles. The fraction of sp³-hybridized carbons (Fsp3) is 0.465. The van der Waals surface area contributed by atoms with Crippen LogP contribution in [0.4, 0.5) is 28.9 Å². The van der Waals surface area contributed by atoms with E-state index in [2.05, 4.69) is 20.1 Å². The Labute approximate surface area is 350 Å². The van der Waals surface area contributed by atoms with Gasteiger partial charge in [-0.05, 0) is 111 Å². The number of thiocarbonyl (C=S) groups is 1. The zero-order valence-electron chi connectivity index (χ0n) is 33.5. The van der Waals surface area contributed by atoms with E-state index in [0.717, 1.165) is 42.6 Å². The van der Waals surface area contributed by atoms with Gasteiger partial charge in [0, 0.05) is 56.2 Å². The molecule has 0 radical (unpaired) electrons. The molecule has 4 heterocycles. The summed E-state index contributed by atoms with van der Waals surface area (Å²) < 4.78 is 62.1. The van der Waals surface area contributed by atoms with Crippen molar-refractivity contribution in [3.8, 4) is 11.8 Å². The summed E-state index contributed by atoms with van der Waals surface area (Å²) in [5.74, 6) is -1.44. The van der Waals surface area contributed by atoms with Crippen LogP contribution in [0.1, 0.15) is 74.4 Å². The first-order chi connectivity index (χ1) is 28.4. The van der Waals surface area contributed by atoms with Crippen molar-refractivity contribution in [2.75, 3.05) is 49.1 Å². The number of halogens is 4. The van der Waals surface area contributed by atoms with Gasteiger partial charge in [0.05, 0.1) is 24.0 Å². The van der Waals surface area contributed by atoms with Crippen LogP contribution < -0.4 is 19.9 Å². The number of aryl methyl sites for hydroxylation is 1. The number of piperidine rings is 1. The van der Waals surface area contributed by atoms with Gasteiger partial charge in [0.2, 0.25) is 11.8 Å². The van der Waals surface area contributed by atoms with E-state index in [0.29, 0.717) is 67.6 Å². The Morgan fingerprint density at radius 3 is 2.50 bits per heavy atom. The van der Waals surface area contributed by atoms with Crippen LogP contribution >= 0.6 is 12.2 Å². The van der Waals surface area contributed by atoms with Gasteiger partial charge in [-0.1, -0.05) is 13.0 Å². The number of benzene rings is 2. The number of nitrogens with zero attached hydrogens (tertiary/aromatic N) is 6. The zero-order chi connectivity index (χ0) is 43.1. The average Bonchev–Trinajstić information content (AvgIpc) is 3.92. The Kier molecular flexibility index (Phi) is 11.9. The number of imide groups is 1. The largest absolute Gasteiger partial charge is 0.492 e. The van der Waals surface area contributed by atoms with E-state index >= 15 is 0 Å². The highest BCUT2D eigenvalue weighted by Crippen LogP contribution is 2.44. The summed E-state index contributed by atoms with van der Waals surface area (Å²) in [4.78, 5) is 61.6. The number of piperazine rings is 1. The Morgan fingerprint density at radius 2 is 1.82 bits per heavy atom. The predicted octanol–water partition coefficient (Wildman–Crippen LogP) is 5.53. The summed E-state index contributed by atoms with van der Waals surface area (Å²) in [6.45, 7) is 8.75. The fourth-order valence-corrected chi connectivity index (χ4v) is 9.07. The van der Waals surface area contributed by atoms with E-state index in [1.165, 1.54) is 18.2 Å². The molecule has 17 heteroatoms. The van der Waals surface area contributed by atoms with Gasteiger partial charge in [-0.25, -0.2) is 9.37 Å². The van der Waals surface area contributed by atoms with Gasteiger partial charge in [-0.15, -0.1) is 0 Å². The highest BCUT2D eigenvalue weighted by Gasteiger charge is 2.52. The van der Waals surface area contributed by atoms with Crippen LogP contribution in [0.5, 0.6) is 5.75 Å². The first-order valence-electron chi connectivity index (χ1n) is 20.0. The summed E-state index contributed by atoms with van der Waals surface area (Å²) in [6, 6.07) is 12.1. The molecule has 0 bridgehead atoms. The summed E-state index contributed by atoms with van der Waals surface area (Å²) in [5, 5.41) is 11.5. The van der Waals surface area contributed by atoms with Gasteiger partial charge < -0.3 is 9.64 Å². The Balaban J connectivity index is 0.937. The second-order valence-electron chi connectivity index (χ2n) is 16.5. The van der Waals surface area contributed by atoms with Crippen molar-refractivity contribution < 1.29 is 41.5 Å². The summed E-state index contributed by atoms with van der Waals surface area (Å²) >= 11 is 5.69. The Hall–Kier alpha value is -5.31. The number of aromatic nitrogens is 1. The number of nitrogens with one attached hydrogen (secondary N) is 1. The van der Waals surface area contributed by atoms with E-state index in [1.54, 1.807) is 36.9 Å². The number of Topliss-reactive ketones (excluding diaryl/α,β-unsaturated/α-hetero) is 1. The van der Waals surface area contributed by atoms with E-state index < -0.39 is 40.6 Å². The predicted molar refractivity (Wildman–Crippen MR) is 217 cm³/mol. The lowest BCUT2D eigenvalue weighted by Crippen LogP contribution is -2.56. The molecule has 1 saturated carbocycles. The van der Waals surface area contributed by atoms with Crippen molar-refractivity contribution in [3.63, 3.8) is 0 Å². The molecule has 3 amide bonds. The number of carbonyl (C=O) groups is 4. The second kappa shape index (κ2) is 16.6. The van der Waals surface area contributed by atoms with E-state index in [4.69, 9.17) is 17.0 Å². The van der Waals surface area contributed by atoms with Crippen molar-refractivity contribution in [1.29, 1.82) is 5.26 Å². The molecule has 3 aliphatic heterocycles. The van der Waals surface area contributed by atoms with Crippen LogP contribution in [0, 0.1) is 23.1 Å². The van der Waals surface area contributed by atoms with Crippen LogP contribution in [-0.2, 0) is 44.6 Å². The van der Waals surface area contributed by atoms with Gasteiger partial charge >= 0.3 is 6.18 Å². The molecule has 1 unspecified atom stereocenters. The highest BCUT2D eigenvalue weighted by molar-refractivity contribution is 7.81. The molecule has 1 spiro atoms. The summed E-state index contributed by atoms with van der Waals surface area (Å²) in [7, 11) is 0. The van der Waals surface area contributed by atoms with Crippen LogP contribution in [0.3, 0.4) is 0 Å². The minimum Gasteiger partial charge on any atom is -0.492 e. The molecule has 60 heavy (non-hydrogen) atoms. The number of pyridine rings is 1. The number of carbonyl (C=O) groups excluding carboxylic acids is 4. The third-order valence-electron chi connectivity index (χ3n) is 11.9. The van der Waals surface area contributed by atoms with Gasteiger partial charge in [0.25, 0.3) is 5.91 Å². The first-order valence-corrected chi connectivity index (χ1v) is 20.4. The van der Waals surface area contributed by atoms with E-state index in [-0.39, 0.29) is 53.3 Å². The number of hydrogen-bond acceptors (Lipinski definition) is 10. The van der Waals surface area contributed by atoms with Crippen LogP contribution in [-0.4, -0.2) is 93.8 Å². The number of anilines is 2. The number of amides is 3. The van der Waals surface area contributed by atoms with Crippen molar-refractivity contribution in [3.05, 3.63) is 82.4 Å². The molecular weight excluding hydrogens is 803 g/mol. The Morgan fingerprint density at radius 1 is 1.07 bits per heavy atom. The van der Waals surface area contributed by atoms with Crippen LogP contribution in [0.2, 0.25) is 0 Å². The van der Waals surface area contributed by atoms with Crippen molar-refractivity contribution in [2.45, 2.75) is 83.0 Å². The molecule has 1 aliphatic carbocycles. The smallest absolute Gasteiger partial charge is 0.419 e. The number of ether oxygens (including phenoxy) is 1. The Bertz CT molecular complexity index is 2290. The van der Waals surface area contributed by atoms with Gasteiger partial charge in [0.1, 0.15) is 29.8 Å². The van der Waals surface area contributed by atoms with Gasteiger partial charge in [-0.3, -0.25) is 39.2 Å². The maximum atomic E-state index is 14.6. The molecule has 1 atom stereocenters. The molecule has 4 fully saturated rings. The van der Waals surface area contributed by atoms with Gasteiger partial charge in [-0.2, -0.15) is 18.4 Å².